The molecule has 0 aliphatic rings. The Labute approximate surface area is 96.7 Å². The Balaban J connectivity index is 3.39. The van der Waals surface area contributed by atoms with Crippen molar-refractivity contribution in [1.29, 1.82) is 0 Å². The van der Waals surface area contributed by atoms with Gasteiger partial charge in [0.15, 0.2) is 5.78 Å². The number of aryl methyl sites for hydroxylation is 1. The molecule has 0 heterocycles. The molecule has 1 rings (SSSR count). The van der Waals surface area contributed by atoms with E-state index < -0.39 is 0 Å². The maximum Gasteiger partial charge on any atom is 0.165 e. The van der Waals surface area contributed by atoms with Crippen LogP contribution in [0, 0.1) is 6.92 Å². The number of rotatable bonds is 4. The highest BCUT2D eigenvalue weighted by Crippen LogP contribution is 2.30. The molecule has 1 aromatic rings. The number of anilines is 1. The van der Waals surface area contributed by atoms with Gasteiger partial charge >= 0.3 is 0 Å². The summed E-state index contributed by atoms with van der Waals surface area (Å²) in [5.41, 5.74) is 2.22. The molecule has 0 saturated carbocycles. The van der Waals surface area contributed by atoms with Crippen LogP contribution in [0.3, 0.4) is 0 Å². The second-order valence-electron chi connectivity index (χ2n) is 3.91. The SMILES string of the molecule is CCN(CC)c1cc(C)cc(O)c1C(C)=O. The zero-order valence-corrected chi connectivity index (χ0v) is 10.4. The van der Waals surface area contributed by atoms with Gasteiger partial charge in [0.2, 0.25) is 0 Å². The number of benzene rings is 1. The Bertz CT molecular complexity index is 395. The highest BCUT2D eigenvalue weighted by Gasteiger charge is 2.16. The summed E-state index contributed by atoms with van der Waals surface area (Å²) in [6, 6.07) is 3.58. The van der Waals surface area contributed by atoms with E-state index in [4.69, 9.17) is 0 Å². The number of ketones is 1. The smallest absolute Gasteiger partial charge is 0.165 e. The van der Waals surface area contributed by atoms with Crippen LogP contribution >= 0.6 is 0 Å². The number of carbonyl (C=O) groups excluding carboxylic acids is 1. The molecule has 3 nitrogen and oxygen atoms in total. The number of hydrogen-bond donors (Lipinski definition) is 1. The Kier molecular flexibility index (Phi) is 3.93. The number of Topliss-reactive ketones (excluding diaryl/α,β-unsaturated/α-hetero) is 1. The van der Waals surface area contributed by atoms with Crippen molar-refractivity contribution < 1.29 is 9.90 Å². The predicted molar refractivity (Wildman–Crippen MR) is 66.4 cm³/mol. The Morgan fingerprint density at radius 2 is 1.88 bits per heavy atom. The summed E-state index contributed by atoms with van der Waals surface area (Å²) in [7, 11) is 0. The number of hydrogen-bond acceptors (Lipinski definition) is 3. The van der Waals surface area contributed by atoms with Crippen LogP contribution in [0.15, 0.2) is 12.1 Å². The molecule has 0 aliphatic carbocycles. The van der Waals surface area contributed by atoms with E-state index in [0.717, 1.165) is 24.3 Å². The molecule has 3 heteroatoms. The van der Waals surface area contributed by atoms with Crippen molar-refractivity contribution in [2.24, 2.45) is 0 Å². The molecule has 0 bridgehead atoms. The van der Waals surface area contributed by atoms with Crippen LogP contribution in [0.2, 0.25) is 0 Å². The van der Waals surface area contributed by atoms with Gasteiger partial charge in [-0.1, -0.05) is 0 Å². The van der Waals surface area contributed by atoms with Gasteiger partial charge in [-0.05, 0) is 45.4 Å². The largest absolute Gasteiger partial charge is 0.507 e. The van der Waals surface area contributed by atoms with Crippen LogP contribution in [0.1, 0.15) is 36.7 Å². The fourth-order valence-electron chi connectivity index (χ4n) is 1.92. The van der Waals surface area contributed by atoms with E-state index in [-0.39, 0.29) is 11.5 Å². The zero-order valence-electron chi connectivity index (χ0n) is 10.4. The molecule has 0 saturated heterocycles. The lowest BCUT2D eigenvalue weighted by atomic mass is 10.0. The van der Waals surface area contributed by atoms with Crippen LogP contribution in [-0.4, -0.2) is 24.0 Å². The molecule has 0 aliphatic heterocycles. The van der Waals surface area contributed by atoms with E-state index in [1.807, 2.05) is 26.8 Å². The third-order valence-corrected chi connectivity index (χ3v) is 2.70. The standard InChI is InChI=1S/C13H19NO2/c1-5-14(6-2)11-7-9(3)8-12(16)13(11)10(4)15/h7-8,16H,5-6H2,1-4H3. The maximum absolute atomic E-state index is 11.5. The van der Waals surface area contributed by atoms with Gasteiger partial charge in [0.1, 0.15) is 5.75 Å². The Morgan fingerprint density at radius 1 is 1.31 bits per heavy atom. The fourth-order valence-corrected chi connectivity index (χ4v) is 1.92. The van der Waals surface area contributed by atoms with Crippen LogP contribution in [0.4, 0.5) is 5.69 Å². The van der Waals surface area contributed by atoms with Crippen molar-refractivity contribution in [2.75, 3.05) is 18.0 Å². The Hall–Kier alpha value is -1.51. The lowest BCUT2D eigenvalue weighted by molar-refractivity contribution is 0.101. The van der Waals surface area contributed by atoms with Crippen LogP contribution in [0.25, 0.3) is 0 Å². The van der Waals surface area contributed by atoms with Gasteiger partial charge in [-0.3, -0.25) is 4.79 Å². The monoisotopic (exact) mass is 221 g/mol. The summed E-state index contributed by atoms with van der Waals surface area (Å²) < 4.78 is 0. The number of phenols is 1. The quantitative estimate of drug-likeness (QED) is 0.795. The summed E-state index contributed by atoms with van der Waals surface area (Å²) in [5.74, 6) is -0.0196. The van der Waals surface area contributed by atoms with Crippen molar-refractivity contribution in [1.82, 2.24) is 0 Å². The maximum atomic E-state index is 11.5. The summed E-state index contributed by atoms with van der Waals surface area (Å²) in [4.78, 5) is 13.6. The normalized spacial score (nSPS) is 10.2. The lowest BCUT2D eigenvalue weighted by Gasteiger charge is -2.24. The van der Waals surface area contributed by atoms with Crippen molar-refractivity contribution in [2.45, 2.75) is 27.7 Å². The molecule has 0 atom stereocenters. The predicted octanol–water partition coefficient (Wildman–Crippen LogP) is 2.75. The number of nitrogens with zero attached hydrogens (tertiary/aromatic N) is 1. The minimum absolute atomic E-state index is 0.0781. The summed E-state index contributed by atoms with van der Waals surface area (Å²) >= 11 is 0. The van der Waals surface area contributed by atoms with Crippen molar-refractivity contribution in [3.63, 3.8) is 0 Å². The highest BCUT2D eigenvalue weighted by atomic mass is 16.3. The van der Waals surface area contributed by atoms with Gasteiger partial charge in [-0.15, -0.1) is 0 Å². The first-order valence-corrected chi connectivity index (χ1v) is 5.60. The second kappa shape index (κ2) is 5.01. The summed E-state index contributed by atoms with van der Waals surface area (Å²) in [6.07, 6.45) is 0. The number of aromatic hydroxyl groups is 1. The van der Waals surface area contributed by atoms with E-state index in [0.29, 0.717) is 5.56 Å². The molecular formula is C13H19NO2. The van der Waals surface area contributed by atoms with Gasteiger partial charge in [0.25, 0.3) is 0 Å². The van der Waals surface area contributed by atoms with Gasteiger partial charge in [-0.2, -0.15) is 0 Å². The Morgan fingerprint density at radius 3 is 2.31 bits per heavy atom. The minimum Gasteiger partial charge on any atom is -0.507 e. The first-order valence-electron chi connectivity index (χ1n) is 5.60. The van der Waals surface area contributed by atoms with E-state index in [2.05, 4.69) is 4.90 Å². The number of carbonyl (C=O) groups is 1. The van der Waals surface area contributed by atoms with E-state index >= 15 is 0 Å². The average Bonchev–Trinajstić information content (AvgIpc) is 2.17. The first-order chi connectivity index (χ1) is 7.51. The van der Waals surface area contributed by atoms with Gasteiger partial charge in [-0.25, -0.2) is 0 Å². The molecule has 0 radical (unpaired) electrons. The lowest BCUT2D eigenvalue weighted by Crippen LogP contribution is -2.24. The summed E-state index contributed by atoms with van der Waals surface area (Å²) in [6.45, 7) is 9.10. The third kappa shape index (κ3) is 2.35. The van der Waals surface area contributed by atoms with Crippen molar-refractivity contribution in [3.8, 4) is 5.75 Å². The molecular weight excluding hydrogens is 202 g/mol. The van der Waals surface area contributed by atoms with E-state index in [1.165, 1.54) is 6.92 Å². The third-order valence-electron chi connectivity index (χ3n) is 2.70. The molecule has 1 N–H and O–H groups in total. The molecule has 0 spiro atoms. The topological polar surface area (TPSA) is 40.5 Å². The van der Waals surface area contributed by atoms with Gasteiger partial charge in [0.05, 0.1) is 11.3 Å². The molecule has 16 heavy (non-hydrogen) atoms. The van der Waals surface area contributed by atoms with E-state index in [1.54, 1.807) is 6.07 Å². The number of phenolic OH excluding ortho intramolecular Hbond substituents is 1. The molecule has 0 unspecified atom stereocenters. The highest BCUT2D eigenvalue weighted by molar-refractivity contribution is 6.02. The van der Waals surface area contributed by atoms with E-state index in [9.17, 15) is 9.90 Å². The van der Waals surface area contributed by atoms with Gasteiger partial charge < -0.3 is 10.0 Å². The molecule has 0 amide bonds. The minimum atomic E-state index is -0.0978. The van der Waals surface area contributed by atoms with Crippen LogP contribution < -0.4 is 4.90 Å². The van der Waals surface area contributed by atoms with Gasteiger partial charge in [0, 0.05) is 13.1 Å². The molecule has 0 aromatic heterocycles. The van der Waals surface area contributed by atoms with Crippen molar-refractivity contribution in [3.05, 3.63) is 23.3 Å². The zero-order chi connectivity index (χ0) is 12.3. The average molecular weight is 221 g/mol. The second-order valence-corrected chi connectivity index (χ2v) is 3.91. The summed E-state index contributed by atoms with van der Waals surface area (Å²) in [5, 5.41) is 9.84. The van der Waals surface area contributed by atoms with Crippen molar-refractivity contribution >= 4 is 11.5 Å². The first kappa shape index (κ1) is 12.6. The fraction of sp³-hybridized carbons (Fsp3) is 0.462. The van der Waals surface area contributed by atoms with Crippen LogP contribution in [0.5, 0.6) is 5.75 Å². The molecule has 0 fully saturated rings. The van der Waals surface area contributed by atoms with Crippen LogP contribution in [-0.2, 0) is 0 Å². The molecule has 88 valence electrons. The molecule has 1 aromatic carbocycles.